The van der Waals surface area contributed by atoms with Crippen molar-refractivity contribution >= 4 is 34.3 Å². The fourth-order valence-corrected chi connectivity index (χ4v) is 4.45. The van der Waals surface area contributed by atoms with E-state index in [0.29, 0.717) is 17.5 Å². The number of nitrogens with one attached hydrogen (secondary N) is 2. The lowest BCUT2D eigenvalue weighted by molar-refractivity contribution is -0.118. The van der Waals surface area contributed by atoms with Crippen LogP contribution in [0.3, 0.4) is 0 Å². The number of hydrogen-bond acceptors (Lipinski definition) is 6. The topological polar surface area (TPSA) is 97.2 Å². The third kappa shape index (κ3) is 4.54. The van der Waals surface area contributed by atoms with Crippen LogP contribution in [0.5, 0.6) is 5.75 Å². The van der Waals surface area contributed by atoms with E-state index in [2.05, 4.69) is 37.5 Å². The predicted molar refractivity (Wildman–Crippen MR) is 128 cm³/mol. The van der Waals surface area contributed by atoms with Crippen molar-refractivity contribution in [2.24, 2.45) is 0 Å². The Morgan fingerprint density at radius 2 is 2.03 bits per heavy atom. The number of hydrogen-bond donors (Lipinski definition) is 2. The Morgan fingerprint density at radius 1 is 1.18 bits per heavy atom. The van der Waals surface area contributed by atoms with E-state index in [4.69, 9.17) is 4.74 Å². The maximum absolute atomic E-state index is 12.7. The number of carbonyl (C=O) groups is 1. The van der Waals surface area contributed by atoms with Gasteiger partial charge in [-0.25, -0.2) is 9.50 Å². The number of aromatic nitrogens is 5. The van der Waals surface area contributed by atoms with Crippen LogP contribution in [0, 0.1) is 0 Å². The summed E-state index contributed by atoms with van der Waals surface area (Å²) < 4.78 is 6.90. The van der Waals surface area contributed by atoms with Crippen LogP contribution in [0.1, 0.15) is 17.0 Å². The van der Waals surface area contributed by atoms with Crippen molar-refractivity contribution < 1.29 is 9.53 Å². The minimum absolute atomic E-state index is 0.0153. The molecule has 3 aromatic heterocycles. The third-order valence-electron chi connectivity index (χ3n) is 5.45. The SMILES string of the molecule is COc1ccc(C(CNC(=O)CSc2nc3ncccn3n2)c2c[nH]c3ccccc23)cc1. The molecule has 166 valence electrons. The molecule has 8 nitrogen and oxygen atoms in total. The summed E-state index contributed by atoms with van der Waals surface area (Å²) >= 11 is 1.29. The molecule has 5 aromatic rings. The van der Waals surface area contributed by atoms with Gasteiger partial charge in [0.1, 0.15) is 5.75 Å². The number of aromatic amines is 1. The van der Waals surface area contributed by atoms with Gasteiger partial charge in [-0.15, -0.1) is 5.10 Å². The summed E-state index contributed by atoms with van der Waals surface area (Å²) in [6.45, 7) is 0.466. The highest BCUT2D eigenvalue weighted by Gasteiger charge is 2.19. The fourth-order valence-electron chi connectivity index (χ4n) is 3.80. The summed E-state index contributed by atoms with van der Waals surface area (Å²) in [4.78, 5) is 24.5. The molecule has 0 aliphatic heterocycles. The van der Waals surface area contributed by atoms with Crippen molar-refractivity contribution in [1.29, 1.82) is 0 Å². The van der Waals surface area contributed by atoms with Gasteiger partial charge in [0.15, 0.2) is 0 Å². The van der Waals surface area contributed by atoms with Crippen LogP contribution >= 0.6 is 11.8 Å². The molecule has 0 bridgehead atoms. The van der Waals surface area contributed by atoms with E-state index < -0.39 is 0 Å². The number of rotatable bonds is 8. The smallest absolute Gasteiger partial charge is 0.253 e. The Morgan fingerprint density at radius 3 is 2.85 bits per heavy atom. The number of amides is 1. The summed E-state index contributed by atoms with van der Waals surface area (Å²) in [7, 11) is 1.65. The Bertz CT molecular complexity index is 1360. The fraction of sp³-hybridized carbons (Fsp3) is 0.167. The van der Waals surface area contributed by atoms with Crippen molar-refractivity contribution in [1.82, 2.24) is 29.9 Å². The number of para-hydroxylation sites is 1. The highest BCUT2D eigenvalue weighted by atomic mass is 32.2. The standard InChI is InChI=1S/C24H22N6O2S/c1-32-17-9-7-16(8-10-17)19(20-14-26-21-6-3-2-5-18(20)21)13-27-22(31)15-33-24-28-23-25-11-4-12-30(23)29-24/h2-12,14,19,26H,13,15H2,1H3,(H,27,31). The van der Waals surface area contributed by atoms with Gasteiger partial charge in [-0.1, -0.05) is 42.1 Å². The van der Waals surface area contributed by atoms with E-state index in [9.17, 15) is 4.79 Å². The zero-order valence-corrected chi connectivity index (χ0v) is 18.7. The lowest BCUT2D eigenvalue weighted by Gasteiger charge is -2.18. The van der Waals surface area contributed by atoms with E-state index in [1.54, 1.807) is 30.1 Å². The van der Waals surface area contributed by atoms with E-state index in [-0.39, 0.29) is 17.6 Å². The third-order valence-corrected chi connectivity index (χ3v) is 6.29. The average molecular weight is 459 g/mol. The van der Waals surface area contributed by atoms with Gasteiger partial charge in [-0.3, -0.25) is 4.79 Å². The van der Waals surface area contributed by atoms with Crippen LogP contribution in [0.25, 0.3) is 16.7 Å². The van der Waals surface area contributed by atoms with Crippen LogP contribution in [-0.4, -0.2) is 49.9 Å². The molecule has 0 radical (unpaired) electrons. The highest BCUT2D eigenvalue weighted by Crippen LogP contribution is 2.31. The van der Waals surface area contributed by atoms with Crippen LogP contribution in [0.4, 0.5) is 0 Å². The lowest BCUT2D eigenvalue weighted by atomic mass is 9.91. The molecule has 2 N–H and O–H groups in total. The Kier molecular flexibility index (Phi) is 5.95. The summed E-state index contributed by atoms with van der Waals surface area (Å²) in [6, 6.07) is 17.9. The molecule has 5 rings (SSSR count). The second-order valence-electron chi connectivity index (χ2n) is 7.47. The molecular weight excluding hydrogens is 436 g/mol. The van der Waals surface area contributed by atoms with Crippen molar-refractivity contribution in [3.05, 3.63) is 84.3 Å². The number of H-pyrrole nitrogens is 1. The van der Waals surface area contributed by atoms with Gasteiger partial charge >= 0.3 is 0 Å². The largest absolute Gasteiger partial charge is 0.497 e. The van der Waals surface area contributed by atoms with Gasteiger partial charge in [-0.05, 0) is 35.4 Å². The minimum atomic E-state index is -0.0785. The van der Waals surface area contributed by atoms with Crippen LogP contribution in [0.15, 0.2) is 78.3 Å². The molecule has 33 heavy (non-hydrogen) atoms. The molecule has 0 saturated carbocycles. The second-order valence-corrected chi connectivity index (χ2v) is 8.41. The summed E-state index contributed by atoms with van der Waals surface area (Å²) in [5, 5.41) is 9.08. The number of benzene rings is 2. The first-order chi connectivity index (χ1) is 16.2. The zero-order valence-electron chi connectivity index (χ0n) is 17.9. The number of carbonyl (C=O) groups excluding carboxylic acids is 1. The maximum atomic E-state index is 12.7. The van der Waals surface area contributed by atoms with Crippen LogP contribution in [0.2, 0.25) is 0 Å². The van der Waals surface area contributed by atoms with E-state index in [1.165, 1.54) is 11.8 Å². The molecule has 0 aliphatic rings. The Labute approximate surface area is 194 Å². The highest BCUT2D eigenvalue weighted by molar-refractivity contribution is 7.99. The normalized spacial score (nSPS) is 12.2. The predicted octanol–water partition coefficient (Wildman–Crippen LogP) is 3.65. The van der Waals surface area contributed by atoms with E-state index in [1.807, 2.05) is 42.6 Å². The molecule has 0 spiro atoms. The molecule has 9 heteroatoms. The monoisotopic (exact) mass is 458 g/mol. The van der Waals surface area contributed by atoms with Gasteiger partial charge in [0.05, 0.1) is 12.9 Å². The molecule has 1 atom stereocenters. The van der Waals surface area contributed by atoms with Crippen molar-refractivity contribution in [2.45, 2.75) is 11.1 Å². The van der Waals surface area contributed by atoms with Gasteiger partial charge in [0.25, 0.3) is 5.78 Å². The summed E-state index contributed by atoms with van der Waals surface area (Å²) in [5.74, 6) is 1.44. The lowest BCUT2D eigenvalue weighted by Crippen LogP contribution is -2.30. The Balaban J connectivity index is 1.31. The average Bonchev–Trinajstić information content (AvgIpc) is 3.47. The molecule has 2 aromatic carbocycles. The van der Waals surface area contributed by atoms with Gasteiger partial charge < -0.3 is 15.0 Å². The van der Waals surface area contributed by atoms with Crippen LogP contribution < -0.4 is 10.1 Å². The first-order valence-corrected chi connectivity index (χ1v) is 11.5. The molecule has 1 unspecified atom stereocenters. The van der Waals surface area contributed by atoms with Gasteiger partial charge in [0.2, 0.25) is 11.1 Å². The Hall–Kier alpha value is -3.85. The van der Waals surface area contributed by atoms with E-state index in [0.717, 1.165) is 27.8 Å². The molecule has 0 aliphatic carbocycles. The number of nitrogens with zero attached hydrogens (tertiary/aromatic N) is 4. The van der Waals surface area contributed by atoms with Gasteiger partial charge in [0, 0.05) is 42.0 Å². The van der Waals surface area contributed by atoms with E-state index >= 15 is 0 Å². The zero-order chi connectivity index (χ0) is 22.6. The molecular formula is C24H22N6O2S. The molecule has 0 saturated heterocycles. The molecule has 1 amide bonds. The molecule has 0 fully saturated rings. The van der Waals surface area contributed by atoms with Crippen molar-refractivity contribution in [2.75, 3.05) is 19.4 Å². The minimum Gasteiger partial charge on any atom is -0.497 e. The maximum Gasteiger partial charge on any atom is 0.253 e. The number of ether oxygens (including phenoxy) is 1. The first kappa shape index (κ1) is 21.0. The van der Waals surface area contributed by atoms with Crippen LogP contribution in [-0.2, 0) is 4.79 Å². The second kappa shape index (κ2) is 9.33. The van der Waals surface area contributed by atoms with Crippen molar-refractivity contribution in [3.8, 4) is 5.75 Å². The number of fused-ring (bicyclic) bond motifs is 2. The van der Waals surface area contributed by atoms with Gasteiger partial charge in [-0.2, -0.15) is 4.98 Å². The summed E-state index contributed by atoms with van der Waals surface area (Å²) in [6.07, 6.45) is 5.46. The number of methoxy groups -OCH3 is 1. The summed E-state index contributed by atoms with van der Waals surface area (Å²) in [5.41, 5.74) is 3.30. The first-order valence-electron chi connectivity index (χ1n) is 10.5. The quantitative estimate of drug-likeness (QED) is 0.345. The molecule has 3 heterocycles. The number of thioether (sulfide) groups is 1. The van der Waals surface area contributed by atoms with Crippen molar-refractivity contribution in [3.63, 3.8) is 0 Å².